The predicted octanol–water partition coefficient (Wildman–Crippen LogP) is 2.05. The molecule has 2 atom stereocenters. The molecule has 0 amide bonds. The molecule has 0 radical (unpaired) electrons. The van der Waals surface area contributed by atoms with E-state index >= 15 is 0 Å². The minimum Gasteiger partial charge on any atom is -0.393 e. The molecule has 6 heteroatoms. The Labute approximate surface area is 116 Å². The number of rotatable bonds is 5. The highest BCUT2D eigenvalue weighted by Crippen LogP contribution is 2.25. The number of hydrogen-bond acceptors (Lipinski definition) is 5. The average molecular weight is 285 g/mol. The highest BCUT2D eigenvalue weighted by atomic mass is 35.5. The fraction of sp³-hybridized carbons (Fsp3) is 0.538. The molecule has 2 heterocycles. The van der Waals surface area contributed by atoms with Gasteiger partial charge in [-0.25, -0.2) is 0 Å². The third-order valence-corrected chi connectivity index (χ3v) is 3.34. The van der Waals surface area contributed by atoms with Gasteiger partial charge in [-0.1, -0.05) is 30.1 Å². The monoisotopic (exact) mass is 284 g/mol. The van der Waals surface area contributed by atoms with Crippen LogP contribution < -0.4 is 0 Å². The summed E-state index contributed by atoms with van der Waals surface area (Å²) in [6, 6.07) is 1.69. The largest absolute Gasteiger partial charge is 0.393 e. The first-order valence-corrected chi connectivity index (χ1v) is 6.71. The molecule has 2 rings (SSSR count). The van der Waals surface area contributed by atoms with Crippen molar-refractivity contribution in [1.29, 1.82) is 0 Å². The van der Waals surface area contributed by atoms with Crippen LogP contribution in [0.2, 0.25) is 5.02 Å². The molecule has 0 fully saturated rings. The van der Waals surface area contributed by atoms with E-state index in [2.05, 4.69) is 17.1 Å². The minimum atomic E-state index is -1.06. The van der Waals surface area contributed by atoms with E-state index in [1.165, 1.54) is 0 Å². The van der Waals surface area contributed by atoms with Crippen molar-refractivity contribution in [3.05, 3.63) is 28.5 Å². The molecule has 1 aliphatic rings. The van der Waals surface area contributed by atoms with E-state index in [0.717, 1.165) is 30.5 Å². The molecule has 1 aromatic heterocycles. The van der Waals surface area contributed by atoms with Crippen LogP contribution in [-0.4, -0.2) is 33.6 Å². The second-order valence-electron chi connectivity index (χ2n) is 4.55. The predicted molar refractivity (Wildman–Crippen MR) is 72.2 cm³/mol. The molecule has 0 aromatic carbocycles. The lowest BCUT2D eigenvalue weighted by Gasteiger charge is -2.09. The summed E-state index contributed by atoms with van der Waals surface area (Å²) in [6.07, 6.45) is 3.42. The smallest absolute Gasteiger partial charge is 0.133 e. The van der Waals surface area contributed by atoms with Gasteiger partial charge in [-0.15, -0.1) is 0 Å². The van der Waals surface area contributed by atoms with Gasteiger partial charge in [-0.05, 0) is 12.5 Å². The highest BCUT2D eigenvalue weighted by molar-refractivity contribution is 6.31. The third kappa shape index (κ3) is 3.23. The van der Waals surface area contributed by atoms with Crippen molar-refractivity contribution in [2.45, 2.75) is 38.4 Å². The van der Waals surface area contributed by atoms with Crippen LogP contribution >= 0.6 is 11.6 Å². The zero-order chi connectivity index (χ0) is 13.8. The van der Waals surface area contributed by atoms with Crippen molar-refractivity contribution in [3.63, 3.8) is 0 Å². The molecule has 0 aliphatic carbocycles. The van der Waals surface area contributed by atoms with Crippen LogP contribution in [0.15, 0.2) is 17.4 Å². The van der Waals surface area contributed by atoms with Crippen LogP contribution in [0.5, 0.6) is 0 Å². The lowest BCUT2D eigenvalue weighted by Crippen LogP contribution is -2.10. The van der Waals surface area contributed by atoms with Gasteiger partial charge in [0.05, 0.1) is 23.0 Å². The van der Waals surface area contributed by atoms with Gasteiger partial charge in [-0.3, -0.25) is 4.98 Å². The van der Waals surface area contributed by atoms with Crippen molar-refractivity contribution < 1.29 is 15.1 Å². The lowest BCUT2D eigenvalue weighted by atomic mass is 10.0. The molecule has 0 saturated heterocycles. The molecule has 2 unspecified atom stereocenters. The van der Waals surface area contributed by atoms with Gasteiger partial charge in [-0.2, -0.15) is 0 Å². The normalized spacial score (nSPS) is 20.0. The molecule has 1 aromatic rings. The Balaban J connectivity index is 2.13. The average Bonchev–Trinajstić information content (AvgIpc) is 2.87. The number of pyridine rings is 1. The summed E-state index contributed by atoms with van der Waals surface area (Å²) in [5.74, 6) is 0. The number of aromatic nitrogens is 1. The standard InChI is InChI=1S/C13H17ClN2O3/c1-2-3-9-5-11(16-19-9)8-4-10(14)13(15-6-8)12(18)7-17/h4,6,9,12,17-18H,2-3,5,7H2,1H3. The zero-order valence-corrected chi connectivity index (χ0v) is 11.5. The molecule has 0 spiro atoms. The van der Waals surface area contributed by atoms with Crippen LogP contribution in [0.1, 0.15) is 43.5 Å². The number of halogens is 1. The first kappa shape index (κ1) is 14.2. The van der Waals surface area contributed by atoms with E-state index in [-0.39, 0.29) is 11.8 Å². The van der Waals surface area contributed by atoms with Crippen molar-refractivity contribution in [2.75, 3.05) is 6.61 Å². The molecule has 0 saturated carbocycles. The maximum atomic E-state index is 9.53. The molecule has 19 heavy (non-hydrogen) atoms. The highest BCUT2D eigenvalue weighted by Gasteiger charge is 2.22. The Morgan fingerprint density at radius 3 is 3.00 bits per heavy atom. The molecule has 1 aliphatic heterocycles. The van der Waals surface area contributed by atoms with E-state index in [1.54, 1.807) is 12.3 Å². The molecular formula is C13H17ClN2O3. The summed E-state index contributed by atoms with van der Waals surface area (Å²) in [4.78, 5) is 9.41. The minimum absolute atomic E-state index is 0.126. The van der Waals surface area contributed by atoms with Gasteiger partial charge in [0.15, 0.2) is 0 Å². The second kappa shape index (κ2) is 6.32. The number of aliphatic hydroxyl groups excluding tert-OH is 2. The Hall–Kier alpha value is -1.17. The van der Waals surface area contributed by atoms with E-state index in [0.29, 0.717) is 5.02 Å². The van der Waals surface area contributed by atoms with Gasteiger partial charge >= 0.3 is 0 Å². The molecule has 5 nitrogen and oxygen atoms in total. The summed E-state index contributed by atoms with van der Waals surface area (Å²) in [5.41, 5.74) is 1.88. The number of aliphatic hydroxyl groups is 2. The van der Waals surface area contributed by atoms with E-state index in [9.17, 15) is 5.11 Å². The van der Waals surface area contributed by atoms with E-state index in [1.807, 2.05) is 0 Å². The van der Waals surface area contributed by atoms with E-state index < -0.39 is 12.7 Å². The first-order valence-electron chi connectivity index (χ1n) is 6.33. The van der Waals surface area contributed by atoms with Crippen LogP contribution in [-0.2, 0) is 4.84 Å². The number of hydrogen-bond donors (Lipinski definition) is 2. The van der Waals surface area contributed by atoms with Crippen molar-refractivity contribution in [1.82, 2.24) is 4.98 Å². The lowest BCUT2D eigenvalue weighted by molar-refractivity contribution is 0.0786. The Morgan fingerprint density at radius 1 is 1.58 bits per heavy atom. The third-order valence-electron chi connectivity index (χ3n) is 3.04. The van der Waals surface area contributed by atoms with Crippen molar-refractivity contribution in [3.8, 4) is 0 Å². The summed E-state index contributed by atoms with van der Waals surface area (Å²) in [7, 11) is 0. The molecule has 2 N–H and O–H groups in total. The molecule has 0 bridgehead atoms. The van der Waals surface area contributed by atoms with Crippen molar-refractivity contribution in [2.24, 2.45) is 5.16 Å². The fourth-order valence-corrected chi connectivity index (χ4v) is 2.31. The molecular weight excluding hydrogens is 268 g/mol. The SMILES string of the molecule is CCCC1CC(c2cnc(C(O)CO)c(Cl)c2)=NO1. The second-order valence-corrected chi connectivity index (χ2v) is 4.95. The maximum absolute atomic E-state index is 9.53. The van der Waals surface area contributed by atoms with Crippen LogP contribution in [0.3, 0.4) is 0 Å². The Bertz CT molecular complexity index is 479. The van der Waals surface area contributed by atoms with Gasteiger partial charge < -0.3 is 15.1 Å². The van der Waals surface area contributed by atoms with Gasteiger partial charge in [0, 0.05) is 18.2 Å². The quantitative estimate of drug-likeness (QED) is 0.868. The molecule has 104 valence electrons. The fourth-order valence-electron chi connectivity index (χ4n) is 2.01. The van der Waals surface area contributed by atoms with E-state index in [4.69, 9.17) is 21.5 Å². The maximum Gasteiger partial charge on any atom is 0.133 e. The number of oxime groups is 1. The first-order chi connectivity index (χ1) is 9.15. The summed E-state index contributed by atoms with van der Waals surface area (Å²) in [6.45, 7) is 1.69. The summed E-state index contributed by atoms with van der Waals surface area (Å²) in [5, 5.41) is 22.8. The van der Waals surface area contributed by atoms with Crippen molar-refractivity contribution >= 4 is 17.3 Å². The Morgan fingerprint density at radius 2 is 2.37 bits per heavy atom. The van der Waals surface area contributed by atoms with Crippen LogP contribution in [0.4, 0.5) is 0 Å². The zero-order valence-electron chi connectivity index (χ0n) is 10.7. The topological polar surface area (TPSA) is 74.9 Å². The van der Waals surface area contributed by atoms with Gasteiger partial charge in [0.1, 0.15) is 12.2 Å². The number of nitrogens with zero attached hydrogens (tertiary/aromatic N) is 2. The Kier molecular flexibility index (Phi) is 4.74. The summed E-state index contributed by atoms with van der Waals surface area (Å²) >= 11 is 6.05. The van der Waals surface area contributed by atoms with Crippen LogP contribution in [0, 0.1) is 0 Å². The summed E-state index contributed by atoms with van der Waals surface area (Å²) < 4.78 is 0. The van der Waals surface area contributed by atoms with Gasteiger partial charge in [0.25, 0.3) is 0 Å². The van der Waals surface area contributed by atoms with Gasteiger partial charge in [0.2, 0.25) is 0 Å². The van der Waals surface area contributed by atoms with Crippen LogP contribution in [0.25, 0.3) is 0 Å².